The second kappa shape index (κ2) is 6.93. The maximum Gasteiger partial charge on any atom is 0.410 e. The maximum absolute atomic E-state index is 10.9. The predicted molar refractivity (Wildman–Crippen MR) is 107 cm³/mol. The highest BCUT2D eigenvalue weighted by Gasteiger charge is 2.17. The average Bonchev–Trinajstić information content (AvgIpc) is 3.28. The van der Waals surface area contributed by atoms with Crippen LogP contribution in [0.5, 0.6) is 5.75 Å². The molecule has 4 aromatic rings. The van der Waals surface area contributed by atoms with Crippen LogP contribution in [0.2, 0.25) is 0 Å². The van der Waals surface area contributed by atoms with Gasteiger partial charge in [0.25, 0.3) is 0 Å². The first-order chi connectivity index (χ1) is 13.0. The summed E-state index contributed by atoms with van der Waals surface area (Å²) in [5, 5.41) is 14.4. The monoisotopic (exact) mass is 398 g/mol. The molecule has 0 aliphatic rings. The zero-order valence-corrected chi connectivity index (χ0v) is 16.0. The third-order valence-electron chi connectivity index (χ3n) is 3.88. The first-order valence-corrected chi connectivity index (χ1v) is 9.61. The fourth-order valence-electron chi connectivity index (χ4n) is 2.62. The Morgan fingerprint density at radius 3 is 2.78 bits per heavy atom. The Hall–Kier alpha value is -3.04. The lowest BCUT2D eigenvalue weighted by Gasteiger charge is -2.03. The molecular weight excluding hydrogens is 384 g/mol. The van der Waals surface area contributed by atoms with E-state index in [0.717, 1.165) is 32.2 Å². The van der Waals surface area contributed by atoms with Crippen LogP contribution in [0, 0.1) is 6.92 Å². The molecule has 27 heavy (non-hydrogen) atoms. The number of nitrogens with zero attached hydrogens (tertiary/aromatic N) is 3. The van der Waals surface area contributed by atoms with Gasteiger partial charge in [0.05, 0.1) is 17.5 Å². The van der Waals surface area contributed by atoms with Gasteiger partial charge < -0.3 is 9.84 Å². The molecule has 4 rings (SSSR count). The maximum atomic E-state index is 10.9. The van der Waals surface area contributed by atoms with Gasteiger partial charge in [-0.25, -0.2) is 14.8 Å². The van der Waals surface area contributed by atoms with Gasteiger partial charge in [-0.2, -0.15) is 0 Å². The number of thiazole rings is 2. The standard InChI is InChI=1S/C18H14N4O3S2/c1-9-3-4-10(7-19-9)16-20-12(8-26-16)11-5-6-13(25-2)14-15(11)27-17(21-14)22-18(23)24/h3-8H,1-2H3,(H,21,22)(H,23,24). The number of aryl methyl sites for hydroxylation is 1. The van der Waals surface area contributed by atoms with Crippen molar-refractivity contribution in [3.8, 4) is 27.6 Å². The normalized spacial score (nSPS) is 10.9. The Morgan fingerprint density at radius 1 is 1.22 bits per heavy atom. The lowest BCUT2D eigenvalue weighted by molar-refractivity contribution is 0.209. The third kappa shape index (κ3) is 3.34. The van der Waals surface area contributed by atoms with Gasteiger partial charge in [0, 0.05) is 28.4 Å². The Labute approximate surface area is 162 Å². The topological polar surface area (TPSA) is 97.2 Å². The highest BCUT2D eigenvalue weighted by molar-refractivity contribution is 7.23. The SMILES string of the molecule is COc1ccc(-c2csc(-c3ccc(C)nc3)n2)c2sc(NC(=O)O)nc12. The molecule has 2 N–H and O–H groups in total. The van der Waals surface area contributed by atoms with E-state index < -0.39 is 6.09 Å². The van der Waals surface area contributed by atoms with E-state index in [-0.39, 0.29) is 0 Å². The number of nitrogens with one attached hydrogen (secondary N) is 1. The number of rotatable bonds is 4. The molecule has 136 valence electrons. The van der Waals surface area contributed by atoms with Gasteiger partial charge in [0.1, 0.15) is 16.3 Å². The molecule has 0 bridgehead atoms. The first-order valence-electron chi connectivity index (χ1n) is 7.91. The summed E-state index contributed by atoms with van der Waals surface area (Å²) in [5.41, 5.74) is 4.20. The number of fused-ring (bicyclic) bond motifs is 1. The van der Waals surface area contributed by atoms with Crippen molar-refractivity contribution in [1.29, 1.82) is 0 Å². The molecule has 7 nitrogen and oxygen atoms in total. The second-order valence-electron chi connectivity index (χ2n) is 5.67. The predicted octanol–water partition coefficient (Wildman–Crippen LogP) is 4.89. The van der Waals surface area contributed by atoms with Crippen LogP contribution in [0.15, 0.2) is 35.8 Å². The molecule has 0 radical (unpaired) electrons. The van der Waals surface area contributed by atoms with Crippen LogP contribution in [0.4, 0.5) is 9.93 Å². The minimum absolute atomic E-state index is 0.293. The van der Waals surface area contributed by atoms with Crippen LogP contribution >= 0.6 is 22.7 Å². The van der Waals surface area contributed by atoms with Crippen molar-refractivity contribution in [3.63, 3.8) is 0 Å². The van der Waals surface area contributed by atoms with E-state index in [1.165, 1.54) is 22.7 Å². The van der Waals surface area contributed by atoms with Crippen molar-refractivity contribution in [3.05, 3.63) is 41.5 Å². The van der Waals surface area contributed by atoms with Crippen molar-refractivity contribution >= 4 is 44.1 Å². The molecule has 0 unspecified atom stereocenters. The number of amides is 1. The third-order valence-corrected chi connectivity index (χ3v) is 5.77. The van der Waals surface area contributed by atoms with Crippen LogP contribution < -0.4 is 10.1 Å². The van der Waals surface area contributed by atoms with E-state index >= 15 is 0 Å². The van der Waals surface area contributed by atoms with E-state index in [0.29, 0.717) is 16.4 Å². The Morgan fingerprint density at radius 2 is 2.07 bits per heavy atom. The molecule has 0 aliphatic carbocycles. The molecule has 3 aromatic heterocycles. The molecule has 0 saturated heterocycles. The van der Waals surface area contributed by atoms with Crippen LogP contribution in [0.25, 0.3) is 32.0 Å². The van der Waals surface area contributed by atoms with Crippen molar-refractivity contribution in [2.24, 2.45) is 0 Å². The Kier molecular flexibility index (Phi) is 4.46. The summed E-state index contributed by atoms with van der Waals surface area (Å²) in [5.74, 6) is 0.585. The number of carbonyl (C=O) groups is 1. The molecule has 3 heterocycles. The van der Waals surface area contributed by atoms with Gasteiger partial charge in [0.2, 0.25) is 0 Å². The number of hydrogen-bond donors (Lipinski definition) is 2. The average molecular weight is 398 g/mol. The highest BCUT2D eigenvalue weighted by atomic mass is 32.1. The van der Waals surface area contributed by atoms with Crippen LogP contribution in [-0.2, 0) is 0 Å². The number of pyridine rings is 1. The van der Waals surface area contributed by atoms with Gasteiger partial charge in [-0.05, 0) is 31.2 Å². The zero-order chi connectivity index (χ0) is 19.0. The minimum Gasteiger partial charge on any atom is -0.494 e. The second-order valence-corrected chi connectivity index (χ2v) is 7.53. The number of methoxy groups -OCH3 is 1. The van der Waals surface area contributed by atoms with Gasteiger partial charge in [0.15, 0.2) is 5.13 Å². The van der Waals surface area contributed by atoms with Crippen molar-refractivity contribution in [2.75, 3.05) is 12.4 Å². The van der Waals surface area contributed by atoms with Crippen LogP contribution in [0.1, 0.15) is 5.69 Å². The summed E-state index contributed by atoms with van der Waals surface area (Å²) < 4.78 is 6.18. The number of hydrogen-bond acceptors (Lipinski definition) is 7. The number of benzene rings is 1. The molecule has 1 amide bonds. The lowest BCUT2D eigenvalue weighted by atomic mass is 10.1. The number of anilines is 1. The van der Waals surface area contributed by atoms with Crippen LogP contribution in [0.3, 0.4) is 0 Å². The van der Waals surface area contributed by atoms with Crippen LogP contribution in [-0.4, -0.2) is 33.3 Å². The molecule has 0 saturated carbocycles. The van der Waals surface area contributed by atoms with E-state index in [9.17, 15) is 4.79 Å². The fourth-order valence-corrected chi connectivity index (χ4v) is 4.42. The number of carboxylic acid groups (broad SMARTS) is 1. The first kappa shape index (κ1) is 17.4. The summed E-state index contributed by atoms with van der Waals surface area (Å²) in [6.07, 6.45) is 0.653. The quantitative estimate of drug-likeness (QED) is 0.508. The smallest absolute Gasteiger partial charge is 0.410 e. The van der Waals surface area contributed by atoms with Gasteiger partial charge in [-0.15, -0.1) is 11.3 Å². The van der Waals surface area contributed by atoms with Crippen molar-refractivity contribution in [1.82, 2.24) is 15.0 Å². The minimum atomic E-state index is -1.16. The molecule has 0 fully saturated rings. The molecular formula is C18H14N4O3S2. The molecule has 0 spiro atoms. The summed E-state index contributed by atoms with van der Waals surface area (Å²) in [4.78, 5) is 24.4. The van der Waals surface area contributed by atoms with Crippen molar-refractivity contribution in [2.45, 2.75) is 6.92 Å². The van der Waals surface area contributed by atoms with E-state index in [4.69, 9.17) is 14.8 Å². The highest BCUT2D eigenvalue weighted by Crippen LogP contribution is 2.40. The summed E-state index contributed by atoms with van der Waals surface area (Å²) in [6.45, 7) is 1.94. The molecule has 1 aromatic carbocycles. The van der Waals surface area contributed by atoms with Crippen molar-refractivity contribution < 1.29 is 14.6 Å². The number of aromatic nitrogens is 3. The number of ether oxygens (including phenoxy) is 1. The molecule has 0 atom stereocenters. The summed E-state index contributed by atoms with van der Waals surface area (Å²) in [7, 11) is 1.56. The molecule has 0 aliphatic heterocycles. The summed E-state index contributed by atoms with van der Waals surface area (Å²) in [6, 6.07) is 7.68. The van der Waals surface area contributed by atoms with E-state index in [2.05, 4.69) is 15.3 Å². The Bertz CT molecular complexity index is 1140. The van der Waals surface area contributed by atoms with E-state index in [1.807, 2.05) is 42.8 Å². The van der Waals surface area contributed by atoms with Gasteiger partial charge in [-0.3, -0.25) is 10.3 Å². The largest absolute Gasteiger partial charge is 0.494 e. The molecule has 9 heteroatoms. The summed E-state index contributed by atoms with van der Waals surface area (Å²) >= 11 is 2.78. The Balaban J connectivity index is 1.80. The lowest BCUT2D eigenvalue weighted by Crippen LogP contribution is -2.06. The zero-order valence-electron chi connectivity index (χ0n) is 14.4. The van der Waals surface area contributed by atoms with Gasteiger partial charge >= 0.3 is 6.09 Å². The van der Waals surface area contributed by atoms with E-state index in [1.54, 1.807) is 7.11 Å². The fraction of sp³-hybridized carbons (Fsp3) is 0.111. The van der Waals surface area contributed by atoms with Gasteiger partial charge in [-0.1, -0.05) is 11.3 Å².